The third-order valence-electron chi connectivity index (χ3n) is 8.21. The van der Waals surface area contributed by atoms with Gasteiger partial charge in [0, 0.05) is 35.8 Å². The number of aryl methyl sites for hydroxylation is 1. The Morgan fingerprint density at radius 1 is 0.750 bits per heavy atom. The van der Waals surface area contributed by atoms with E-state index in [4.69, 9.17) is 5.11 Å². The Bertz CT molecular complexity index is 1610. The average Bonchev–Trinajstić information content (AvgIpc) is 3.33. The summed E-state index contributed by atoms with van der Waals surface area (Å²) in [5.74, 6) is 0.511. The molecule has 4 aromatic carbocycles. The predicted octanol–water partition coefficient (Wildman–Crippen LogP) is 9.70. The average molecular weight is 587 g/mol. The van der Waals surface area contributed by atoms with E-state index in [9.17, 15) is 4.79 Å². The molecule has 0 amide bonds. The number of hydrogen-bond acceptors (Lipinski definition) is 2. The summed E-state index contributed by atoms with van der Waals surface area (Å²) in [6.45, 7) is 9.76. The molecule has 0 bridgehead atoms. The van der Waals surface area contributed by atoms with Crippen molar-refractivity contribution in [1.29, 1.82) is 0 Å². The molecule has 1 aromatic heterocycles. The summed E-state index contributed by atoms with van der Waals surface area (Å²) in [7, 11) is 0. The lowest BCUT2D eigenvalue weighted by molar-refractivity contribution is -0.137. The van der Waals surface area contributed by atoms with Crippen LogP contribution in [0.15, 0.2) is 103 Å². The highest BCUT2D eigenvalue weighted by molar-refractivity contribution is 5.84. The highest BCUT2D eigenvalue weighted by atomic mass is 16.4. The van der Waals surface area contributed by atoms with Crippen LogP contribution in [0.2, 0.25) is 0 Å². The van der Waals surface area contributed by atoms with E-state index in [1.165, 1.54) is 38.8 Å². The third-order valence-corrected chi connectivity index (χ3v) is 8.21. The SMILES string of the molecule is CC(C)Cc1ccc(C(Nc2cccc(Cc3cn(CCCC(=O)O)c4ccccc34)c2)c2ccc(CC(C)C)cc2)cc1. The molecular formula is C40H46N2O2. The topological polar surface area (TPSA) is 54.3 Å². The molecule has 0 aliphatic rings. The van der Waals surface area contributed by atoms with Crippen molar-refractivity contribution in [3.63, 3.8) is 0 Å². The zero-order valence-electron chi connectivity index (χ0n) is 26.6. The second-order valence-electron chi connectivity index (χ2n) is 13.0. The number of nitrogens with one attached hydrogen (secondary N) is 1. The lowest BCUT2D eigenvalue weighted by Gasteiger charge is -2.22. The number of carboxylic acids is 1. The molecule has 0 radical (unpaired) electrons. The van der Waals surface area contributed by atoms with Crippen molar-refractivity contribution in [1.82, 2.24) is 4.57 Å². The van der Waals surface area contributed by atoms with Gasteiger partial charge in [-0.3, -0.25) is 4.79 Å². The van der Waals surface area contributed by atoms with Gasteiger partial charge >= 0.3 is 5.97 Å². The molecule has 4 heteroatoms. The van der Waals surface area contributed by atoms with Crippen LogP contribution in [-0.2, 0) is 30.6 Å². The number of carbonyl (C=O) groups is 1. The van der Waals surface area contributed by atoms with E-state index in [1.807, 2.05) is 0 Å². The van der Waals surface area contributed by atoms with Crippen molar-refractivity contribution >= 4 is 22.6 Å². The van der Waals surface area contributed by atoms with Crippen molar-refractivity contribution in [2.75, 3.05) is 5.32 Å². The fourth-order valence-electron chi connectivity index (χ4n) is 6.20. The van der Waals surface area contributed by atoms with Crippen molar-refractivity contribution in [3.8, 4) is 0 Å². The lowest BCUT2D eigenvalue weighted by atomic mass is 9.93. The van der Waals surface area contributed by atoms with Gasteiger partial charge in [-0.1, -0.05) is 107 Å². The summed E-state index contributed by atoms with van der Waals surface area (Å²) < 4.78 is 2.21. The first-order chi connectivity index (χ1) is 21.2. The Morgan fingerprint density at radius 3 is 1.95 bits per heavy atom. The van der Waals surface area contributed by atoms with Gasteiger partial charge in [0.25, 0.3) is 0 Å². The van der Waals surface area contributed by atoms with E-state index >= 15 is 0 Å². The van der Waals surface area contributed by atoms with E-state index in [1.54, 1.807) is 0 Å². The van der Waals surface area contributed by atoms with Gasteiger partial charge in [-0.25, -0.2) is 0 Å². The number of benzene rings is 4. The van der Waals surface area contributed by atoms with Crippen LogP contribution in [0.5, 0.6) is 0 Å². The Morgan fingerprint density at radius 2 is 1.36 bits per heavy atom. The normalized spacial score (nSPS) is 11.6. The molecule has 5 rings (SSSR count). The van der Waals surface area contributed by atoms with E-state index in [-0.39, 0.29) is 12.5 Å². The first kappa shape index (κ1) is 31.1. The molecule has 1 heterocycles. The van der Waals surface area contributed by atoms with E-state index in [2.05, 4.69) is 141 Å². The molecule has 0 aliphatic heterocycles. The van der Waals surface area contributed by atoms with Gasteiger partial charge in [-0.15, -0.1) is 0 Å². The molecule has 44 heavy (non-hydrogen) atoms. The van der Waals surface area contributed by atoms with Gasteiger partial charge in [0.2, 0.25) is 0 Å². The van der Waals surface area contributed by atoms with Gasteiger partial charge in [-0.2, -0.15) is 0 Å². The molecule has 0 unspecified atom stereocenters. The zero-order valence-corrected chi connectivity index (χ0v) is 26.6. The standard InChI is InChI=1S/C40H46N2O2/c1-28(2)23-30-14-18-33(19-15-30)40(34-20-16-31(17-21-34)24-29(3)4)41-36-10-7-9-32(26-36)25-35-27-42(22-8-13-39(43)44)38-12-6-5-11-37(35)38/h5-7,9-12,14-21,26-29,40-41H,8,13,22-25H2,1-4H3,(H,43,44). The molecule has 228 valence electrons. The highest BCUT2D eigenvalue weighted by Crippen LogP contribution is 2.30. The summed E-state index contributed by atoms with van der Waals surface area (Å²) in [5, 5.41) is 14.2. The van der Waals surface area contributed by atoms with Crippen molar-refractivity contribution in [2.45, 2.75) is 72.4 Å². The number of para-hydroxylation sites is 1. The Hall–Kier alpha value is -4.31. The molecule has 0 saturated heterocycles. The fraction of sp³-hybridized carbons (Fsp3) is 0.325. The molecule has 5 aromatic rings. The monoisotopic (exact) mass is 586 g/mol. The van der Waals surface area contributed by atoms with Crippen LogP contribution in [0.4, 0.5) is 5.69 Å². The minimum atomic E-state index is -0.748. The molecule has 0 spiro atoms. The number of carboxylic acid groups (broad SMARTS) is 1. The number of fused-ring (bicyclic) bond motifs is 1. The zero-order chi connectivity index (χ0) is 31.1. The number of anilines is 1. The van der Waals surface area contributed by atoms with Crippen molar-refractivity contribution in [3.05, 3.63) is 137 Å². The van der Waals surface area contributed by atoms with Crippen LogP contribution in [-0.4, -0.2) is 15.6 Å². The number of aromatic nitrogens is 1. The summed E-state index contributed by atoms with van der Waals surface area (Å²) in [4.78, 5) is 11.1. The molecule has 0 atom stereocenters. The van der Waals surface area contributed by atoms with Gasteiger partial charge in [-0.05, 0) is 89.1 Å². The second kappa shape index (κ2) is 14.4. The minimum Gasteiger partial charge on any atom is -0.481 e. The van der Waals surface area contributed by atoms with Crippen LogP contribution in [0.3, 0.4) is 0 Å². The molecule has 2 N–H and O–H groups in total. The lowest BCUT2D eigenvalue weighted by Crippen LogP contribution is -2.13. The van der Waals surface area contributed by atoms with Crippen LogP contribution in [0.25, 0.3) is 10.9 Å². The Kier molecular flexibility index (Phi) is 10.2. The summed E-state index contributed by atoms with van der Waals surface area (Å²) >= 11 is 0. The number of nitrogens with zero attached hydrogens (tertiary/aromatic N) is 1. The maximum Gasteiger partial charge on any atom is 0.303 e. The molecular weight excluding hydrogens is 540 g/mol. The van der Waals surface area contributed by atoms with Gasteiger partial charge < -0.3 is 15.0 Å². The summed E-state index contributed by atoms with van der Waals surface area (Å²) in [6, 6.07) is 35.4. The maximum atomic E-state index is 11.1. The minimum absolute atomic E-state index is 0.0302. The van der Waals surface area contributed by atoms with Crippen LogP contribution < -0.4 is 5.32 Å². The molecule has 0 saturated carbocycles. The number of aliphatic carboxylic acids is 1. The van der Waals surface area contributed by atoms with Crippen molar-refractivity contribution < 1.29 is 9.90 Å². The van der Waals surface area contributed by atoms with Gasteiger partial charge in [0.15, 0.2) is 0 Å². The largest absolute Gasteiger partial charge is 0.481 e. The van der Waals surface area contributed by atoms with Gasteiger partial charge in [0.05, 0.1) is 6.04 Å². The predicted molar refractivity (Wildman–Crippen MR) is 183 cm³/mol. The molecule has 4 nitrogen and oxygen atoms in total. The van der Waals surface area contributed by atoms with E-state index < -0.39 is 5.97 Å². The van der Waals surface area contributed by atoms with Crippen LogP contribution in [0.1, 0.15) is 80.0 Å². The summed E-state index contributed by atoms with van der Waals surface area (Å²) in [6.07, 6.45) is 5.97. The third kappa shape index (κ3) is 8.19. The maximum absolute atomic E-state index is 11.1. The molecule has 0 fully saturated rings. The van der Waals surface area contributed by atoms with Crippen LogP contribution in [0, 0.1) is 11.8 Å². The van der Waals surface area contributed by atoms with Gasteiger partial charge in [0.1, 0.15) is 0 Å². The quantitative estimate of drug-likeness (QED) is 0.136. The highest BCUT2D eigenvalue weighted by Gasteiger charge is 2.16. The van der Waals surface area contributed by atoms with E-state index in [0.717, 1.165) is 30.5 Å². The summed E-state index contributed by atoms with van der Waals surface area (Å²) in [5.41, 5.74) is 10.00. The molecule has 0 aliphatic carbocycles. The first-order valence-electron chi connectivity index (χ1n) is 16.1. The Balaban J connectivity index is 1.41. The Labute approximate surface area is 262 Å². The first-order valence-corrected chi connectivity index (χ1v) is 16.1. The number of rotatable bonds is 14. The van der Waals surface area contributed by atoms with E-state index in [0.29, 0.717) is 24.8 Å². The second-order valence-corrected chi connectivity index (χ2v) is 13.0. The van der Waals surface area contributed by atoms with Crippen molar-refractivity contribution in [2.24, 2.45) is 11.8 Å². The number of hydrogen-bond donors (Lipinski definition) is 2. The fourth-order valence-corrected chi connectivity index (χ4v) is 6.20. The van der Waals surface area contributed by atoms with Crippen LogP contribution >= 0.6 is 0 Å². The smallest absolute Gasteiger partial charge is 0.303 e.